The van der Waals surface area contributed by atoms with Gasteiger partial charge < -0.3 is 10.2 Å². The van der Waals surface area contributed by atoms with Crippen molar-refractivity contribution in [3.63, 3.8) is 0 Å². The van der Waals surface area contributed by atoms with E-state index in [4.69, 9.17) is 0 Å². The molecule has 0 aliphatic rings. The smallest absolute Gasteiger partial charge is 0.231 e. The number of ketones is 1. The predicted octanol–water partition coefficient (Wildman–Crippen LogP) is 3.97. The first kappa shape index (κ1) is 13.9. The molecule has 0 radical (unpaired) electrons. The molecule has 2 rings (SSSR count). The standard InChI is InChI=1S/C17H16O3/c1-11-3-7-13(8-4-11)15(18)17(20)16(19)14-9-5-12(2)6-10-14/h3-10,18,20H,1-2H3. The molecule has 0 heterocycles. The second-order valence-electron chi connectivity index (χ2n) is 4.76. The Balaban J connectivity index is 2.35. The molecule has 0 aliphatic heterocycles. The zero-order chi connectivity index (χ0) is 14.7. The number of carbonyl (C=O) groups excluding carboxylic acids is 1. The molecule has 0 aromatic heterocycles. The maximum absolute atomic E-state index is 12.1. The Morgan fingerprint density at radius 3 is 1.60 bits per heavy atom. The highest BCUT2D eigenvalue weighted by atomic mass is 16.3. The molecule has 102 valence electrons. The topological polar surface area (TPSA) is 57.5 Å². The average Bonchev–Trinajstić information content (AvgIpc) is 2.46. The highest BCUT2D eigenvalue weighted by Crippen LogP contribution is 2.18. The minimum Gasteiger partial charge on any atom is -0.504 e. The summed E-state index contributed by atoms with van der Waals surface area (Å²) in [6, 6.07) is 13.7. The van der Waals surface area contributed by atoms with Gasteiger partial charge in [0.2, 0.25) is 11.5 Å². The predicted molar refractivity (Wildman–Crippen MR) is 78.9 cm³/mol. The number of aryl methyl sites for hydroxylation is 2. The highest BCUT2D eigenvalue weighted by molar-refractivity contribution is 6.10. The van der Waals surface area contributed by atoms with E-state index in [1.807, 2.05) is 13.8 Å². The van der Waals surface area contributed by atoms with Gasteiger partial charge in [0.25, 0.3) is 0 Å². The molecule has 3 nitrogen and oxygen atoms in total. The molecule has 2 N–H and O–H groups in total. The van der Waals surface area contributed by atoms with E-state index in [2.05, 4.69) is 0 Å². The van der Waals surface area contributed by atoms with Crippen LogP contribution in [0.4, 0.5) is 0 Å². The van der Waals surface area contributed by atoms with Gasteiger partial charge in [-0.2, -0.15) is 0 Å². The third-order valence-electron chi connectivity index (χ3n) is 3.08. The van der Waals surface area contributed by atoms with Gasteiger partial charge >= 0.3 is 0 Å². The number of Topliss-reactive ketones (excluding diaryl/α,β-unsaturated/α-hetero) is 1. The molecule has 2 aromatic carbocycles. The van der Waals surface area contributed by atoms with E-state index in [0.717, 1.165) is 11.1 Å². The molecule has 0 saturated carbocycles. The molecule has 0 unspecified atom stereocenters. The van der Waals surface area contributed by atoms with Crippen LogP contribution in [0.15, 0.2) is 54.3 Å². The van der Waals surface area contributed by atoms with Crippen molar-refractivity contribution in [2.75, 3.05) is 0 Å². The molecular formula is C17H16O3. The first-order chi connectivity index (χ1) is 9.49. The van der Waals surface area contributed by atoms with Crippen LogP contribution in [0.2, 0.25) is 0 Å². The van der Waals surface area contributed by atoms with Crippen LogP contribution in [0.3, 0.4) is 0 Å². The van der Waals surface area contributed by atoms with Crippen molar-refractivity contribution >= 4 is 11.5 Å². The summed E-state index contributed by atoms with van der Waals surface area (Å²) in [4.78, 5) is 12.1. The van der Waals surface area contributed by atoms with Crippen LogP contribution in [0, 0.1) is 13.8 Å². The van der Waals surface area contributed by atoms with E-state index >= 15 is 0 Å². The van der Waals surface area contributed by atoms with E-state index in [1.54, 1.807) is 48.5 Å². The van der Waals surface area contributed by atoms with Gasteiger partial charge in [-0.05, 0) is 13.8 Å². The summed E-state index contributed by atoms with van der Waals surface area (Å²) < 4.78 is 0. The maximum atomic E-state index is 12.1. The molecule has 20 heavy (non-hydrogen) atoms. The Bertz CT molecular complexity index is 650. The normalized spacial score (nSPS) is 11.9. The first-order valence-electron chi connectivity index (χ1n) is 6.29. The molecule has 0 spiro atoms. The van der Waals surface area contributed by atoms with Crippen molar-refractivity contribution in [2.45, 2.75) is 13.8 Å². The summed E-state index contributed by atoms with van der Waals surface area (Å²) in [6.07, 6.45) is 0. The number of hydrogen-bond acceptors (Lipinski definition) is 3. The van der Waals surface area contributed by atoms with E-state index in [1.165, 1.54) is 0 Å². The molecule has 0 atom stereocenters. The molecule has 0 aliphatic carbocycles. The van der Waals surface area contributed by atoms with E-state index < -0.39 is 17.3 Å². The summed E-state index contributed by atoms with van der Waals surface area (Å²) in [6.45, 7) is 3.83. The monoisotopic (exact) mass is 268 g/mol. The van der Waals surface area contributed by atoms with E-state index in [9.17, 15) is 15.0 Å². The second kappa shape index (κ2) is 5.61. The minimum atomic E-state index is -0.641. The van der Waals surface area contributed by atoms with Crippen LogP contribution in [-0.4, -0.2) is 16.0 Å². The Labute approximate surface area is 117 Å². The molecule has 0 saturated heterocycles. The number of benzene rings is 2. The van der Waals surface area contributed by atoms with Gasteiger partial charge in [-0.25, -0.2) is 0 Å². The van der Waals surface area contributed by atoms with Crippen LogP contribution in [0.1, 0.15) is 27.0 Å². The zero-order valence-electron chi connectivity index (χ0n) is 11.4. The molecular weight excluding hydrogens is 252 g/mol. The molecule has 0 fully saturated rings. The first-order valence-corrected chi connectivity index (χ1v) is 6.29. The Morgan fingerprint density at radius 1 is 0.750 bits per heavy atom. The Hall–Kier alpha value is -2.55. The van der Waals surface area contributed by atoms with Crippen LogP contribution >= 0.6 is 0 Å². The quantitative estimate of drug-likeness (QED) is 0.503. The SMILES string of the molecule is Cc1ccc(C(=O)C(O)=C(O)c2ccc(C)cc2)cc1. The fourth-order valence-electron chi connectivity index (χ4n) is 1.80. The lowest BCUT2D eigenvalue weighted by atomic mass is 10.0. The number of aliphatic hydroxyl groups is 2. The number of hydrogen-bond donors (Lipinski definition) is 2. The van der Waals surface area contributed by atoms with Gasteiger partial charge in [0.05, 0.1) is 0 Å². The minimum absolute atomic E-state index is 0.340. The van der Waals surface area contributed by atoms with Crippen molar-refractivity contribution in [3.05, 3.63) is 76.5 Å². The van der Waals surface area contributed by atoms with Gasteiger partial charge in [0.15, 0.2) is 5.76 Å². The Kier molecular flexibility index (Phi) is 3.89. The van der Waals surface area contributed by atoms with Crippen LogP contribution in [-0.2, 0) is 0 Å². The number of carbonyl (C=O) groups is 1. The van der Waals surface area contributed by atoms with Gasteiger partial charge in [-0.1, -0.05) is 59.7 Å². The van der Waals surface area contributed by atoms with Gasteiger partial charge in [0, 0.05) is 11.1 Å². The second-order valence-corrected chi connectivity index (χ2v) is 4.76. The average molecular weight is 268 g/mol. The van der Waals surface area contributed by atoms with Crippen LogP contribution in [0.25, 0.3) is 5.76 Å². The van der Waals surface area contributed by atoms with E-state index in [-0.39, 0.29) is 0 Å². The molecule has 0 bridgehead atoms. The maximum Gasteiger partial charge on any atom is 0.231 e. The molecule has 0 amide bonds. The number of allylic oxidation sites excluding steroid dienone is 1. The molecule has 2 aromatic rings. The zero-order valence-corrected chi connectivity index (χ0v) is 11.4. The summed E-state index contributed by atoms with van der Waals surface area (Å²) >= 11 is 0. The van der Waals surface area contributed by atoms with Gasteiger partial charge in [-0.15, -0.1) is 0 Å². The number of aliphatic hydroxyl groups excluding tert-OH is 2. The third kappa shape index (κ3) is 2.88. The van der Waals surface area contributed by atoms with Crippen molar-refractivity contribution in [1.82, 2.24) is 0 Å². The summed E-state index contributed by atoms with van der Waals surface area (Å²) in [7, 11) is 0. The van der Waals surface area contributed by atoms with Gasteiger partial charge in [0.1, 0.15) is 0 Å². The van der Waals surface area contributed by atoms with Crippen LogP contribution < -0.4 is 0 Å². The third-order valence-corrected chi connectivity index (χ3v) is 3.08. The fraction of sp³-hybridized carbons (Fsp3) is 0.118. The van der Waals surface area contributed by atoms with Crippen molar-refractivity contribution in [2.24, 2.45) is 0 Å². The summed E-state index contributed by atoms with van der Waals surface area (Å²) in [5.41, 5.74) is 2.80. The fourth-order valence-corrected chi connectivity index (χ4v) is 1.80. The largest absolute Gasteiger partial charge is 0.504 e. The van der Waals surface area contributed by atoms with Crippen LogP contribution in [0.5, 0.6) is 0 Å². The summed E-state index contributed by atoms with van der Waals surface area (Å²) in [5.74, 6) is -1.64. The van der Waals surface area contributed by atoms with Crippen molar-refractivity contribution in [1.29, 1.82) is 0 Å². The highest BCUT2D eigenvalue weighted by Gasteiger charge is 2.17. The summed E-state index contributed by atoms with van der Waals surface area (Å²) in [5, 5.41) is 19.9. The van der Waals surface area contributed by atoms with E-state index in [0.29, 0.717) is 11.1 Å². The molecule has 3 heteroatoms. The lowest BCUT2D eigenvalue weighted by molar-refractivity contribution is 0.0975. The van der Waals surface area contributed by atoms with Crippen molar-refractivity contribution < 1.29 is 15.0 Å². The van der Waals surface area contributed by atoms with Gasteiger partial charge in [-0.3, -0.25) is 4.79 Å². The lowest BCUT2D eigenvalue weighted by Crippen LogP contribution is -2.06. The number of rotatable bonds is 3. The lowest BCUT2D eigenvalue weighted by Gasteiger charge is -2.05. The van der Waals surface area contributed by atoms with Crippen molar-refractivity contribution in [3.8, 4) is 0 Å². The Morgan fingerprint density at radius 2 is 1.15 bits per heavy atom.